The van der Waals surface area contributed by atoms with Crippen molar-refractivity contribution in [3.63, 3.8) is 0 Å². The van der Waals surface area contributed by atoms with Crippen LogP contribution in [0.4, 0.5) is 16.2 Å². The van der Waals surface area contributed by atoms with Gasteiger partial charge in [-0.15, -0.1) is 0 Å². The van der Waals surface area contributed by atoms with Gasteiger partial charge in [-0.05, 0) is 47.2 Å². The number of benzene rings is 3. The zero-order chi connectivity index (χ0) is 23.4. The molecule has 0 radical (unpaired) electrons. The number of hydrogen-bond acceptors (Lipinski definition) is 5. The second-order valence-electron chi connectivity index (χ2n) is 7.97. The lowest BCUT2D eigenvalue weighted by Gasteiger charge is -2.14. The van der Waals surface area contributed by atoms with Gasteiger partial charge in [0.05, 0.1) is 4.92 Å². The Kier molecular flexibility index (Phi) is 6.40. The molecule has 7 nitrogen and oxygen atoms in total. The number of nitro benzene ring substituents is 1. The first kappa shape index (κ1) is 22.1. The van der Waals surface area contributed by atoms with Crippen LogP contribution in [0.25, 0.3) is 17.2 Å². The molecule has 1 amide bonds. The second kappa shape index (κ2) is 9.56. The van der Waals surface area contributed by atoms with Crippen molar-refractivity contribution < 1.29 is 14.5 Å². The summed E-state index contributed by atoms with van der Waals surface area (Å²) in [5.41, 5.74) is 12.2. The lowest BCUT2D eigenvalue weighted by Crippen LogP contribution is -2.26. The molecule has 0 bridgehead atoms. The average molecular weight is 444 g/mol. The van der Waals surface area contributed by atoms with Crippen molar-refractivity contribution in [3.05, 3.63) is 99.1 Å². The number of amides is 1. The number of ether oxygens (including phenoxy) is 1. The number of nitrogens with zero attached hydrogens (tertiary/aromatic N) is 1. The number of hydrogen-bond donors (Lipinski definition) is 2. The van der Waals surface area contributed by atoms with Gasteiger partial charge in [0.15, 0.2) is 0 Å². The van der Waals surface area contributed by atoms with Crippen molar-refractivity contribution >= 4 is 23.5 Å². The van der Waals surface area contributed by atoms with Crippen LogP contribution in [0.5, 0.6) is 0 Å². The summed E-state index contributed by atoms with van der Waals surface area (Å²) < 4.78 is 5.52. The van der Waals surface area contributed by atoms with Crippen LogP contribution >= 0.6 is 0 Å². The molecule has 168 valence electrons. The van der Waals surface area contributed by atoms with E-state index in [-0.39, 0.29) is 18.2 Å². The molecule has 4 rings (SSSR count). The number of fused-ring (bicyclic) bond motifs is 3. The van der Waals surface area contributed by atoms with E-state index in [9.17, 15) is 14.9 Å². The van der Waals surface area contributed by atoms with Gasteiger partial charge in [0, 0.05) is 29.8 Å². The van der Waals surface area contributed by atoms with Crippen LogP contribution in [0.2, 0.25) is 0 Å². The molecule has 0 saturated carbocycles. The number of carbonyl (C=O) groups excluding carboxylic acids is 1. The Morgan fingerprint density at radius 1 is 1.12 bits per heavy atom. The number of nitrogens with two attached hydrogens (primary N) is 1. The van der Waals surface area contributed by atoms with E-state index in [2.05, 4.69) is 29.6 Å². The van der Waals surface area contributed by atoms with Crippen molar-refractivity contribution in [1.29, 1.82) is 0 Å². The standard InChI is InChI=1S/C26H25N3O4/c1-17-14-18(24(27)15-25(17)29(31)32)8-6-7-13-28-26(30)33-16-23-21-11-4-2-9-19(21)20-10-3-5-12-22(20)23/h2-6,8-12,14-15,23H,7,13,16,27H2,1H3,(H,28,30). The van der Waals surface area contributed by atoms with E-state index in [1.54, 1.807) is 19.1 Å². The maximum atomic E-state index is 12.2. The number of carbonyl (C=O) groups is 1. The molecule has 0 saturated heterocycles. The molecule has 1 aliphatic carbocycles. The van der Waals surface area contributed by atoms with E-state index < -0.39 is 11.0 Å². The third-order valence-corrected chi connectivity index (χ3v) is 5.82. The van der Waals surface area contributed by atoms with Gasteiger partial charge in [-0.25, -0.2) is 4.79 Å². The summed E-state index contributed by atoms with van der Waals surface area (Å²) >= 11 is 0. The minimum atomic E-state index is -0.462. The maximum Gasteiger partial charge on any atom is 0.407 e. The van der Waals surface area contributed by atoms with Crippen LogP contribution in [0.1, 0.15) is 34.6 Å². The number of nitrogen functional groups attached to an aromatic ring is 1. The molecule has 0 fully saturated rings. The third-order valence-electron chi connectivity index (χ3n) is 5.82. The Bertz CT molecular complexity index is 1190. The fourth-order valence-corrected chi connectivity index (χ4v) is 4.19. The molecule has 3 aromatic rings. The Balaban J connectivity index is 1.28. The molecule has 3 N–H and O–H groups in total. The first-order chi connectivity index (χ1) is 16.0. The van der Waals surface area contributed by atoms with E-state index in [0.717, 1.165) is 0 Å². The smallest absolute Gasteiger partial charge is 0.407 e. The van der Waals surface area contributed by atoms with Gasteiger partial charge in [0.25, 0.3) is 5.69 Å². The number of anilines is 1. The molecule has 0 unspecified atom stereocenters. The second-order valence-corrected chi connectivity index (χ2v) is 7.97. The summed E-state index contributed by atoms with van der Waals surface area (Å²) in [5, 5.41) is 13.7. The first-order valence-electron chi connectivity index (χ1n) is 10.8. The summed E-state index contributed by atoms with van der Waals surface area (Å²) in [7, 11) is 0. The Labute approximate surface area is 192 Å². The van der Waals surface area contributed by atoms with Crippen LogP contribution in [-0.2, 0) is 4.74 Å². The molecular weight excluding hydrogens is 418 g/mol. The van der Waals surface area contributed by atoms with Gasteiger partial charge in [-0.3, -0.25) is 10.1 Å². The molecule has 0 spiro atoms. The van der Waals surface area contributed by atoms with Crippen LogP contribution in [0.15, 0.2) is 66.7 Å². The summed E-state index contributed by atoms with van der Waals surface area (Å²) in [6.07, 6.45) is 3.77. The highest BCUT2D eigenvalue weighted by molar-refractivity contribution is 5.79. The molecule has 33 heavy (non-hydrogen) atoms. The number of aryl methyl sites for hydroxylation is 1. The number of nitrogens with one attached hydrogen (secondary N) is 1. The van der Waals surface area contributed by atoms with Crippen LogP contribution in [-0.4, -0.2) is 24.2 Å². The van der Waals surface area contributed by atoms with Gasteiger partial charge in [-0.2, -0.15) is 0 Å². The summed E-state index contributed by atoms with van der Waals surface area (Å²) in [6, 6.07) is 19.4. The number of rotatable bonds is 7. The van der Waals surface area contributed by atoms with Crippen LogP contribution in [0, 0.1) is 17.0 Å². The minimum absolute atomic E-state index is 0.00146. The van der Waals surface area contributed by atoms with E-state index >= 15 is 0 Å². The molecule has 0 atom stereocenters. The maximum absolute atomic E-state index is 12.2. The molecular formula is C26H25N3O4. The van der Waals surface area contributed by atoms with Gasteiger partial charge in [-0.1, -0.05) is 60.7 Å². The van der Waals surface area contributed by atoms with Gasteiger partial charge in [0.1, 0.15) is 6.61 Å². The monoisotopic (exact) mass is 443 g/mol. The molecule has 3 aromatic carbocycles. The molecule has 0 aromatic heterocycles. The molecule has 0 aliphatic heterocycles. The fraction of sp³-hybridized carbons (Fsp3) is 0.192. The highest BCUT2D eigenvalue weighted by Gasteiger charge is 2.28. The highest BCUT2D eigenvalue weighted by Crippen LogP contribution is 2.44. The van der Waals surface area contributed by atoms with Crippen molar-refractivity contribution in [2.24, 2.45) is 0 Å². The predicted molar refractivity (Wildman–Crippen MR) is 129 cm³/mol. The summed E-state index contributed by atoms with van der Waals surface area (Å²) in [6.45, 7) is 2.35. The van der Waals surface area contributed by atoms with Crippen LogP contribution in [0.3, 0.4) is 0 Å². The largest absolute Gasteiger partial charge is 0.449 e. The molecule has 7 heteroatoms. The third kappa shape index (κ3) is 4.72. The lowest BCUT2D eigenvalue weighted by molar-refractivity contribution is -0.385. The average Bonchev–Trinajstić information content (AvgIpc) is 3.13. The van der Waals surface area contributed by atoms with Gasteiger partial charge < -0.3 is 15.8 Å². The van der Waals surface area contributed by atoms with Gasteiger partial charge in [0.2, 0.25) is 0 Å². The summed E-state index contributed by atoms with van der Waals surface area (Å²) in [4.78, 5) is 22.8. The number of alkyl carbamates (subject to hydrolysis) is 1. The van der Waals surface area contributed by atoms with E-state index in [4.69, 9.17) is 10.5 Å². The van der Waals surface area contributed by atoms with E-state index in [0.29, 0.717) is 29.8 Å². The number of nitro groups is 1. The van der Waals surface area contributed by atoms with E-state index in [1.807, 2.05) is 30.3 Å². The Hall–Kier alpha value is -4.13. The zero-order valence-electron chi connectivity index (χ0n) is 18.3. The fourth-order valence-electron chi connectivity index (χ4n) is 4.19. The quantitative estimate of drug-likeness (QED) is 0.219. The molecule has 1 aliphatic rings. The van der Waals surface area contributed by atoms with Crippen LogP contribution < -0.4 is 11.1 Å². The molecule has 0 heterocycles. The van der Waals surface area contributed by atoms with E-state index in [1.165, 1.54) is 28.3 Å². The normalized spacial score (nSPS) is 12.4. The van der Waals surface area contributed by atoms with Crippen molar-refractivity contribution in [2.75, 3.05) is 18.9 Å². The Morgan fingerprint density at radius 2 is 1.76 bits per heavy atom. The lowest BCUT2D eigenvalue weighted by atomic mass is 9.98. The highest BCUT2D eigenvalue weighted by atomic mass is 16.6. The Morgan fingerprint density at radius 3 is 2.39 bits per heavy atom. The topological polar surface area (TPSA) is 107 Å². The van der Waals surface area contributed by atoms with Crippen molar-refractivity contribution in [2.45, 2.75) is 19.3 Å². The van der Waals surface area contributed by atoms with Crippen molar-refractivity contribution in [1.82, 2.24) is 5.32 Å². The van der Waals surface area contributed by atoms with Gasteiger partial charge >= 0.3 is 6.09 Å². The zero-order valence-corrected chi connectivity index (χ0v) is 18.3. The predicted octanol–water partition coefficient (Wildman–Crippen LogP) is 5.43. The SMILES string of the molecule is Cc1cc(C=CCCNC(=O)OCC2c3ccccc3-c3ccccc32)c(N)cc1[N+](=O)[O-]. The minimum Gasteiger partial charge on any atom is -0.449 e. The first-order valence-corrected chi connectivity index (χ1v) is 10.8. The van der Waals surface area contributed by atoms with Crippen molar-refractivity contribution in [3.8, 4) is 11.1 Å². The summed E-state index contributed by atoms with van der Waals surface area (Å²) in [5.74, 6) is 0.0244.